The van der Waals surface area contributed by atoms with Crippen molar-refractivity contribution in [2.24, 2.45) is 23.2 Å². The van der Waals surface area contributed by atoms with Crippen LogP contribution in [-0.4, -0.2) is 35.2 Å². The first-order valence-corrected chi connectivity index (χ1v) is 7.42. The number of aliphatic carboxylic acids is 1. The topological polar surface area (TPSA) is 86.6 Å². The third-order valence-corrected chi connectivity index (χ3v) is 4.42. The van der Waals surface area contributed by atoms with Crippen molar-refractivity contribution in [3.8, 4) is 0 Å². The van der Waals surface area contributed by atoms with E-state index in [4.69, 9.17) is 5.11 Å². The van der Waals surface area contributed by atoms with Crippen LogP contribution in [0.1, 0.15) is 46.5 Å². The number of hydrogen-bond donors (Lipinski definition) is 3. The van der Waals surface area contributed by atoms with Gasteiger partial charge in [0.25, 0.3) is 0 Å². The summed E-state index contributed by atoms with van der Waals surface area (Å²) in [6.45, 7) is 6.53. The van der Waals surface area contributed by atoms with Crippen LogP contribution in [0.3, 0.4) is 0 Å². The zero-order chi connectivity index (χ0) is 15.3. The SMILES string of the molecule is CCC1CC(C(=O)O)C(C(=O)NCC(C)(C)CCO)C1. The number of carbonyl (C=O) groups is 2. The van der Waals surface area contributed by atoms with Gasteiger partial charge in [0.2, 0.25) is 5.91 Å². The highest BCUT2D eigenvalue weighted by molar-refractivity contribution is 5.85. The molecule has 3 atom stereocenters. The Morgan fingerprint density at radius 3 is 2.35 bits per heavy atom. The molecule has 0 spiro atoms. The molecule has 1 aliphatic rings. The molecule has 20 heavy (non-hydrogen) atoms. The lowest BCUT2D eigenvalue weighted by molar-refractivity contribution is -0.146. The number of rotatable bonds is 7. The standard InChI is InChI=1S/C15H27NO4/c1-4-10-7-11(12(8-10)14(19)20)13(18)16-9-15(2,3)5-6-17/h10-12,17H,4-9H2,1-3H3,(H,16,18)(H,19,20). The van der Waals surface area contributed by atoms with Crippen LogP contribution in [0.2, 0.25) is 0 Å². The van der Waals surface area contributed by atoms with E-state index in [-0.39, 0.29) is 17.9 Å². The summed E-state index contributed by atoms with van der Waals surface area (Å²) in [6, 6.07) is 0. The lowest BCUT2D eigenvalue weighted by Crippen LogP contribution is -2.40. The second kappa shape index (κ2) is 7.07. The molecule has 3 unspecified atom stereocenters. The van der Waals surface area contributed by atoms with Gasteiger partial charge in [-0.2, -0.15) is 0 Å². The number of carboxylic acid groups (broad SMARTS) is 1. The predicted molar refractivity (Wildman–Crippen MR) is 76.1 cm³/mol. The number of carboxylic acids is 1. The van der Waals surface area contributed by atoms with Crippen molar-refractivity contribution < 1.29 is 19.8 Å². The Kier molecular flexibility index (Phi) is 5.99. The molecule has 1 rings (SSSR count). The Hall–Kier alpha value is -1.10. The van der Waals surface area contributed by atoms with Crippen LogP contribution < -0.4 is 5.32 Å². The van der Waals surface area contributed by atoms with Gasteiger partial charge in [0, 0.05) is 13.2 Å². The van der Waals surface area contributed by atoms with Gasteiger partial charge in [0.15, 0.2) is 0 Å². The van der Waals surface area contributed by atoms with E-state index in [1.807, 2.05) is 20.8 Å². The van der Waals surface area contributed by atoms with Gasteiger partial charge in [-0.3, -0.25) is 9.59 Å². The third-order valence-electron chi connectivity index (χ3n) is 4.42. The minimum Gasteiger partial charge on any atom is -0.481 e. The highest BCUT2D eigenvalue weighted by atomic mass is 16.4. The maximum Gasteiger partial charge on any atom is 0.307 e. The van der Waals surface area contributed by atoms with Crippen molar-refractivity contribution in [2.45, 2.75) is 46.5 Å². The van der Waals surface area contributed by atoms with Crippen molar-refractivity contribution in [3.63, 3.8) is 0 Å². The van der Waals surface area contributed by atoms with Gasteiger partial charge >= 0.3 is 5.97 Å². The summed E-state index contributed by atoms with van der Waals surface area (Å²) < 4.78 is 0. The van der Waals surface area contributed by atoms with E-state index in [1.54, 1.807) is 0 Å². The zero-order valence-electron chi connectivity index (χ0n) is 12.7. The van der Waals surface area contributed by atoms with Gasteiger partial charge in [-0.15, -0.1) is 0 Å². The molecule has 5 heteroatoms. The summed E-state index contributed by atoms with van der Waals surface area (Å²) >= 11 is 0. The Morgan fingerprint density at radius 1 is 1.25 bits per heavy atom. The van der Waals surface area contributed by atoms with Crippen molar-refractivity contribution in [3.05, 3.63) is 0 Å². The Bertz CT molecular complexity index is 354. The molecular weight excluding hydrogens is 258 g/mol. The molecule has 1 fully saturated rings. The van der Waals surface area contributed by atoms with Gasteiger partial charge < -0.3 is 15.5 Å². The van der Waals surface area contributed by atoms with E-state index in [9.17, 15) is 14.7 Å². The molecule has 0 radical (unpaired) electrons. The Labute approximate surface area is 120 Å². The lowest BCUT2D eigenvalue weighted by Gasteiger charge is -2.25. The molecule has 116 valence electrons. The second-order valence-electron chi connectivity index (χ2n) is 6.65. The average molecular weight is 285 g/mol. The van der Waals surface area contributed by atoms with Crippen LogP contribution in [0, 0.1) is 23.2 Å². The Morgan fingerprint density at radius 2 is 1.85 bits per heavy atom. The van der Waals surface area contributed by atoms with Crippen molar-refractivity contribution in [2.75, 3.05) is 13.2 Å². The van der Waals surface area contributed by atoms with Crippen LogP contribution in [0.4, 0.5) is 0 Å². The molecule has 0 bridgehead atoms. The summed E-state index contributed by atoms with van der Waals surface area (Å²) in [5.74, 6) is -1.66. The van der Waals surface area contributed by atoms with Crippen LogP contribution in [0.25, 0.3) is 0 Å². The predicted octanol–water partition coefficient (Wildman–Crippen LogP) is 1.65. The summed E-state index contributed by atoms with van der Waals surface area (Å²) in [6.07, 6.45) is 2.80. The van der Waals surface area contributed by atoms with Crippen LogP contribution in [0.15, 0.2) is 0 Å². The van der Waals surface area contributed by atoms with E-state index >= 15 is 0 Å². The largest absolute Gasteiger partial charge is 0.481 e. The van der Waals surface area contributed by atoms with E-state index < -0.39 is 17.8 Å². The smallest absolute Gasteiger partial charge is 0.307 e. The number of hydrogen-bond acceptors (Lipinski definition) is 3. The van der Waals surface area contributed by atoms with Gasteiger partial charge in [0.1, 0.15) is 0 Å². The normalized spacial score (nSPS) is 26.5. The zero-order valence-corrected chi connectivity index (χ0v) is 12.7. The number of carbonyl (C=O) groups excluding carboxylic acids is 1. The third kappa shape index (κ3) is 4.47. The number of nitrogens with one attached hydrogen (secondary N) is 1. The monoisotopic (exact) mass is 285 g/mol. The molecule has 0 heterocycles. The molecule has 5 nitrogen and oxygen atoms in total. The molecule has 1 saturated carbocycles. The first-order chi connectivity index (χ1) is 9.30. The Balaban J connectivity index is 2.59. The summed E-state index contributed by atoms with van der Waals surface area (Å²) in [4.78, 5) is 23.5. The van der Waals surface area contributed by atoms with Gasteiger partial charge in [-0.1, -0.05) is 27.2 Å². The van der Waals surface area contributed by atoms with Gasteiger partial charge in [0.05, 0.1) is 11.8 Å². The maximum absolute atomic E-state index is 12.2. The summed E-state index contributed by atoms with van der Waals surface area (Å²) in [5.41, 5.74) is -0.175. The summed E-state index contributed by atoms with van der Waals surface area (Å²) in [7, 11) is 0. The number of aliphatic hydroxyl groups is 1. The maximum atomic E-state index is 12.2. The summed E-state index contributed by atoms with van der Waals surface area (Å²) in [5, 5.41) is 21.1. The molecule has 0 saturated heterocycles. The van der Waals surface area contributed by atoms with Crippen molar-refractivity contribution in [1.82, 2.24) is 5.32 Å². The van der Waals surface area contributed by atoms with Crippen LogP contribution in [0.5, 0.6) is 0 Å². The van der Waals surface area contributed by atoms with Gasteiger partial charge in [-0.05, 0) is 30.6 Å². The minimum atomic E-state index is -0.865. The van der Waals surface area contributed by atoms with Gasteiger partial charge in [-0.25, -0.2) is 0 Å². The molecule has 1 amide bonds. The highest BCUT2D eigenvalue weighted by Gasteiger charge is 2.42. The van der Waals surface area contributed by atoms with Crippen molar-refractivity contribution in [1.29, 1.82) is 0 Å². The molecular formula is C15H27NO4. The quantitative estimate of drug-likeness (QED) is 0.664. The second-order valence-corrected chi connectivity index (χ2v) is 6.65. The first-order valence-electron chi connectivity index (χ1n) is 7.42. The molecule has 1 aliphatic carbocycles. The number of aliphatic hydroxyl groups excluding tert-OH is 1. The first kappa shape index (κ1) is 17.0. The average Bonchev–Trinajstić information content (AvgIpc) is 2.80. The van der Waals surface area contributed by atoms with E-state index in [1.165, 1.54) is 0 Å². The van der Waals surface area contributed by atoms with Crippen LogP contribution in [-0.2, 0) is 9.59 Å². The fourth-order valence-electron chi connectivity index (χ4n) is 2.89. The van der Waals surface area contributed by atoms with Crippen LogP contribution >= 0.6 is 0 Å². The molecule has 3 N–H and O–H groups in total. The minimum absolute atomic E-state index is 0.0853. The number of amides is 1. The lowest BCUT2D eigenvalue weighted by atomic mass is 9.89. The molecule has 0 aliphatic heterocycles. The van der Waals surface area contributed by atoms with Crippen molar-refractivity contribution >= 4 is 11.9 Å². The van der Waals surface area contributed by atoms with E-state index in [0.717, 1.165) is 6.42 Å². The fraction of sp³-hybridized carbons (Fsp3) is 0.867. The molecule has 0 aromatic rings. The van der Waals surface area contributed by atoms with E-state index in [0.29, 0.717) is 31.7 Å². The molecule has 0 aromatic carbocycles. The highest BCUT2D eigenvalue weighted by Crippen LogP contribution is 2.38. The van der Waals surface area contributed by atoms with E-state index in [2.05, 4.69) is 5.32 Å². The fourth-order valence-corrected chi connectivity index (χ4v) is 2.89. The molecule has 0 aromatic heterocycles.